The number of rotatable bonds is 7. The second kappa shape index (κ2) is 9.58. The van der Waals surface area contributed by atoms with Crippen LogP contribution in [-0.4, -0.2) is 36.2 Å². The first-order valence-electron chi connectivity index (χ1n) is 10.6. The van der Waals surface area contributed by atoms with E-state index in [0.29, 0.717) is 22.3 Å². The maximum atomic E-state index is 13.1. The Bertz CT molecular complexity index is 1520. The van der Waals surface area contributed by atoms with Crippen LogP contribution in [0.5, 0.6) is 0 Å². The van der Waals surface area contributed by atoms with Crippen molar-refractivity contribution in [2.75, 3.05) is 7.05 Å². The summed E-state index contributed by atoms with van der Waals surface area (Å²) >= 11 is 0. The van der Waals surface area contributed by atoms with Crippen LogP contribution < -0.4 is 10.3 Å². The van der Waals surface area contributed by atoms with E-state index in [1.807, 2.05) is 30.3 Å². The Hall–Kier alpha value is -3.82. The van der Waals surface area contributed by atoms with E-state index < -0.39 is 15.9 Å². The van der Waals surface area contributed by atoms with Crippen molar-refractivity contribution in [1.29, 1.82) is 0 Å². The molecular formula is C25H24N4O4S. The summed E-state index contributed by atoms with van der Waals surface area (Å²) in [5, 5.41) is 0.469. The molecule has 0 saturated carbocycles. The van der Waals surface area contributed by atoms with Gasteiger partial charge in [0, 0.05) is 19.2 Å². The van der Waals surface area contributed by atoms with Crippen LogP contribution in [0.1, 0.15) is 27.3 Å². The number of benzene rings is 3. The molecule has 1 heterocycles. The quantitative estimate of drug-likeness (QED) is 0.426. The van der Waals surface area contributed by atoms with Gasteiger partial charge < -0.3 is 9.88 Å². The predicted molar refractivity (Wildman–Crippen MR) is 130 cm³/mol. The Labute approximate surface area is 197 Å². The molecule has 0 bridgehead atoms. The number of hydrogen-bond donors (Lipinski definition) is 2. The smallest absolute Gasteiger partial charge is 0.258 e. The summed E-state index contributed by atoms with van der Waals surface area (Å²) in [6, 6.07) is 20.7. The first-order chi connectivity index (χ1) is 16.2. The lowest BCUT2D eigenvalue weighted by atomic mass is 10.1. The van der Waals surface area contributed by atoms with Gasteiger partial charge in [0.1, 0.15) is 5.82 Å². The van der Waals surface area contributed by atoms with Crippen molar-refractivity contribution < 1.29 is 13.2 Å². The molecule has 174 valence electrons. The van der Waals surface area contributed by atoms with Gasteiger partial charge in [0.2, 0.25) is 10.0 Å². The Kier molecular flexibility index (Phi) is 6.58. The summed E-state index contributed by atoms with van der Waals surface area (Å²) in [5.41, 5.74) is 1.83. The molecule has 1 amide bonds. The van der Waals surface area contributed by atoms with Crippen molar-refractivity contribution >= 4 is 26.8 Å². The number of aryl methyl sites for hydroxylation is 1. The van der Waals surface area contributed by atoms with Crippen LogP contribution in [0.4, 0.5) is 0 Å². The minimum absolute atomic E-state index is 0.0416. The van der Waals surface area contributed by atoms with Gasteiger partial charge in [0.25, 0.3) is 11.5 Å². The molecule has 1 aromatic heterocycles. The number of aromatic amines is 1. The highest BCUT2D eigenvalue weighted by Gasteiger charge is 2.21. The third-order valence-corrected chi connectivity index (χ3v) is 6.97. The average Bonchev–Trinajstić information content (AvgIpc) is 2.83. The second-order valence-corrected chi connectivity index (χ2v) is 9.72. The molecule has 9 heteroatoms. The van der Waals surface area contributed by atoms with Crippen LogP contribution in [0.2, 0.25) is 0 Å². The molecule has 8 nitrogen and oxygen atoms in total. The number of aromatic nitrogens is 2. The molecule has 0 aliphatic heterocycles. The number of carbonyl (C=O) groups is 1. The molecule has 0 unspecified atom stereocenters. The highest BCUT2D eigenvalue weighted by Crippen LogP contribution is 2.19. The van der Waals surface area contributed by atoms with Gasteiger partial charge in [-0.3, -0.25) is 9.59 Å². The van der Waals surface area contributed by atoms with E-state index in [0.717, 1.165) is 5.56 Å². The monoisotopic (exact) mass is 476 g/mol. The first kappa shape index (κ1) is 23.3. The molecule has 3 aromatic carbocycles. The van der Waals surface area contributed by atoms with E-state index in [2.05, 4.69) is 14.7 Å². The zero-order chi connectivity index (χ0) is 24.3. The second-order valence-electron chi connectivity index (χ2n) is 7.98. The fourth-order valence-corrected chi connectivity index (χ4v) is 4.89. The fourth-order valence-electron chi connectivity index (χ4n) is 3.60. The lowest BCUT2D eigenvalue weighted by Gasteiger charge is -2.18. The van der Waals surface area contributed by atoms with Crippen molar-refractivity contribution in [3.05, 3.63) is 106 Å². The van der Waals surface area contributed by atoms with E-state index in [1.165, 1.54) is 11.0 Å². The van der Waals surface area contributed by atoms with Gasteiger partial charge in [-0.25, -0.2) is 18.1 Å². The molecule has 0 aliphatic rings. The summed E-state index contributed by atoms with van der Waals surface area (Å²) in [5.74, 6) is -0.0562. The Morgan fingerprint density at radius 1 is 1.03 bits per heavy atom. The molecule has 0 fully saturated rings. The molecular weight excluding hydrogens is 452 g/mol. The molecule has 34 heavy (non-hydrogen) atoms. The van der Waals surface area contributed by atoms with Crippen LogP contribution in [0.3, 0.4) is 0 Å². The molecule has 0 spiro atoms. The van der Waals surface area contributed by atoms with Crippen LogP contribution in [-0.2, 0) is 23.1 Å². The minimum Gasteiger partial charge on any atom is -0.334 e. The maximum Gasteiger partial charge on any atom is 0.258 e. The summed E-state index contributed by atoms with van der Waals surface area (Å²) in [6.45, 7) is 1.88. The van der Waals surface area contributed by atoms with Crippen molar-refractivity contribution in [3.63, 3.8) is 0 Å². The normalized spacial score (nSPS) is 11.5. The number of hydrogen-bond acceptors (Lipinski definition) is 5. The Balaban J connectivity index is 1.54. The van der Waals surface area contributed by atoms with E-state index >= 15 is 0 Å². The van der Waals surface area contributed by atoms with E-state index in [1.54, 1.807) is 50.4 Å². The summed E-state index contributed by atoms with van der Waals surface area (Å²) in [7, 11) is -2.27. The number of fused-ring (bicyclic) bond motifs is 1. The highest BCUT2D eigenvalue weighted by atomic mass is 32.2. The van der Waals surface area contributed by atoms with Gasteiger partial charge >= 0.3 is 0 Å². The van der Waals surface area contributed by atoms with E-state index in [-0.39, 0.29) is 29.1 Å². The molecule has 0 atom stereocenters. The third-order valence-electron chi connectivity index (χ3n) is 5.43. The summed E-state index contributed by atoms with van der Waals surface area (Å²) in [6.07, 6.45) is 0. The standard InChI is InChI=1S/C25H24N4O4S/c1-17-12-13-19(14-22(17)34(32,33)26-15-18-8-4-3-5-9-18)25(31)29(2)16-23-27-21-11-7-6-10-20(21)24(30)28-23/h3-14,26H,15-16H2,1-2H3,(H,27,28,30). The number of carbonyl (C=O) groups excluding carboxylic acids is 1. The third kappa shape index (κ3) is 5.05. The van der Waals surface area contributed by atoms with Crippen LogP contribution in [0.25, 0.3) is 10.9 Å². The molecule has 0 aliphatic carbocycles. The van der Waals surface area contributed by atoms with Gasteiger partial charge in [-0.05, 0) is 42.3 Å². The van der Waals surface area contributed by atoms with Crippen molar-refractivity contribution in [2.45, 2.75) is 24.9 Å². The van der Waals surface area contributed by atoms with Gasteiger partial charge in [-0.1, -0.05) is 48.5 Å². The largest absolute Gasteiger partial charge is 0.334 e. The lowest BCUT2D eigenvalue weighted by molar-refractivity contribution is 0.0781. The molecule has 0 saturated heterocycles. The Morgan fingerprint density at radius 3 is 2.50 bits per heavy atom. The first-order valence-corrected chi connectivity index (χ1v) is 12.1. The average molecular weight is 477 g/mol. The summed E-state index contributed by atoms with van der Waals surface area (Å²) < 4.78 is 28.5. The summed E-state index contributed by atoms with van der Waals surface area (Å²) in [4.78, 5) is 33.9. The molecule has 4 rings (SSSR count). The van der Waals surface area contributed by atoms with Crippen molar-refractivity contribution in [3.8, 4) is 0 Å². The predicted octanol–water partition coefficient (Wildman–Crippen LogP) is 2.98. The van der Waals surface area contributed by atoms with Gasteiger partial charge in [0.05, 0.1) is 22.3 Å². The zero-order valence-electron chi connectivity index (χ0n) is 18.8. The Morgan fingerprint density at radius 2 is 1.74 bits per heavy atom. The number of nitrogens with zero attached hydrogens (tertiary/aromatic N) is 2. The highest BCUT2D eigenvalue weighted by molar-refractivity contribution is 7.89. The SMILES string of the molecule is Cc1ccc(C(=O)N(C)Cc2nc3ccccc3c(=O)[nH]2)cc1S(=O)(=O)NCc1ccccc1. The zero-order valence-corrected chi connectivity index (χ0v) is 19.6. The number of sulfonamides is 1. The molecule has 4 aromatic rings. The van der Waals surface area contributed by atoms with E-state index in [9.17, 15) is 18.0 Å². The number of amides is 1. The number of nitrogens with one attached hydrogen (secondary N) is 2. The van der Waals surface area contributed by atoms with Crippen LogP contribution in [0, 0.1) is 6.92 Å². The van der Waals surface area contributed by atoms with E-state index in [4.69, 9.17) is 0 Å². The van der Waals surface area contributed by atoms with Crippen molar-refractivity contribution in [2.24, 2.45) is 0 Å². The fraction of sp³-hybridized carbons (Fsp3) is 0.160. The van der Waals surface area contributed by atoms with Crippen molar-refractivity contribution in [1.82, 2.24) is 19.6 Å². The topological polar surface area (TPSA) is 112 Å². The van der Waals surface area contributed by atoms with Gasteiger partial charge in [0.15, 0.2) is 0 Å². The number of H-pyrrole nitrogens is 1. The van der Waals surface area contributed by atoms with Gasteiger partial charge in [-0.15, -0.1) is 0 Å². The number of para-hydroxylation sites is 1. The van der Waals surface area contributed by atoms with Gasteiger partial charge in [-0.2, -0.15) is 0 Å². The molecule has 2 N–H and O–H groups in total. The van der Waals surface area contributed by atoms with Crippen LogP contribution in [0.15, 0.2) is 82.5 Å². The maximum absolute atomic E-state index is 13.1. The minimum atomic E-state index is -3.84. The lowest BCUT2D eigenvalue weighted by Crippen LogP contribution is -2.29. The molecule has 0 radical (unpaired) electrons. The van der Waals surface area contributed by atoms with Crippen LogP contribution >= 0.6 is 0 Å².